The number of rotatable bonds is 3. The number of carbonyl (C=O) groups is 1. The number of esters is 1. The summed E-state index contributed by atoms with van der Waals surface area (Å²) in [7, 11) is 0. The highest BCUT2D eigenvalue weighted by Crippen LogP contribution is 2.59. The van der Waals surface area contributed by atoms with E-state index in [0.29, 0.717) is 12.0 Å². The van der Waals surface area contributed by atoms with Gasteiger partial charge in [-0.05, 0) is 83.6 Å². The first-order valence-electron chi connectivity index (χ1n) is 11.0. The quantitative estimate of drug-likeness (QED) is 0.567. The minimum atomic E-state index is -0.651. The maximum atomic E-state index is 14.0. The van der Waals surface area contributed by atoms with Gasteiger partial charge in [-0.1, -0.05) is 26.0 Å². The Balaban J connectivity index is 1.76. The number of hydrogen-bond donors (Lipinski definition) is 1. The van der Waals surface area contributed by atoms with Gasteiger partial charge in [0.1, 0.15) is 11.9 Å². The summed E-state index contributed by atoms with van der Waals surface area (Å²) in [6, 6.07) is 5.41. The molecular formula is C25H31FO3S2. The fourth-order valence-electron chi connectivity index (χ4n) is 4.97. The Morgan fingerprint density at radius 1 is 1.26 bits per heavy atom. The minimum Gasteiger partial charge on any atom is -0.458 e. The summed E-state index contributed by atoms with van der Waals surface area (Å²) in [5, 5.41) is 9.95. The van der Waals surface area contributed by atoms with Gasteiger partial charge in [-0.15, -0.1) is 23.5 Å². The van der Waals surface area contributed by atoms with Gasteiger partial charge in [0.05, 0.1) is 16.6 Å². The van der Waals surface area contributed by atoms with Gasteiger partial charge in [-0.2, -0.15) is 0 Å². The maximum absolute atomic E-state index is 14.0. The Kier molecular flexibility index (Phi) is 6.62. The van der Waals surface area contributed by atoms with E-state index >= 15 is 0 Å². The largest absolute Gasteiger partial charge is 0.458 e. The first-order valence-corrected chi connectivity index (χ1v) is 13.0. The number of aliphatic hydroxyl groups excluding tert-OH is 1. The Labute approximate surface area is 192 Å². The molecule has 2 aliphatic heterocycles. The number of thioether (sulfide) groups is 2. The smallest absolute Gasteiger partial charge is 0.309 e. The van der Waals surface area contributed by atoms with E-state index in [1.807, 2.05) is 25.1 Å². The summed E-state index contributed by atoms with van der Waals surface area (Å²) >= 11 is 4.14. The topological polar surface area (TPSA) is 46.5 Å². The van der Waals surface area contributed by atoms with E-state index in [2.05, 4.69) is 43.4 Å². The van der Waals surface area contributed by atoms with Crippen molar-refractivity contribution in [3.05, 3.63) is 52.9 Å². The van der Waals surface area contributed by atoms with Crippen LogP contribution in [0.3, 0.4) is 0 Å². The molecule has 4 rings (SSSR count). The molecule has 2 saturated heterocycles. The third kappa shape index (κ3) is 5.07. The van der Waals surface area contributed by atoms with E-state index in [-0.39, 0.29) is 27.7 Å². The molecule has 0 amide bonds. The first kappa shape index (κ1) is 22.9. The van der Waals surface area contributed by atoms with Crippen molar-refractivity contribution in [2.75, 3.05) is 11.5 Å². The van der Waals surface area contributed by atoms with E-state index in [4.69, 9.17) is 4.74 Å². The van der Waals surface area contributed by atoms with Crippen LogP contribution in [0.15, 0.2) is 35.9 Å². The van der Waals surface area contributed by atoms with Crippen LogP contribution in [0, 0.1) is 18.2 Å². The Hall–Kier alpha value is -1.24. The van der Waals surface area contributed by atoms with Crippen LogP contribution in [0.2, 0.25) is 0 Å². The number of hydrogen-bond acceptors (Lipinski definition) is 5. The first-order chi connectivity index (χ1) is 14.7. The molecule has 0 unspecified atom stereocenters. The highest BCUT2D eigenvalue weighted by Gasteiger charge is 2.45. The number of carbonyl (C=O) groups excluding carboxylic acids is 1. The zero-order chi connectivity index (χ0) is 22.2. The molecule has 0 radical (unpaired) electrons. The van der Waals surface area contributed by atoms with Crippen molar-refractivity contribution in [2.45, 2.75) is 69.2 Å². The van der Waals surface area contributed by atoms with Gasteiger partial charge in [0.15, 0.2) is 0 Å². The highest BCUT2D eigenvalue weighted by atomic mass is 32.2. The molecule has 2 fully saturated rings. The molecule has 6 heteroatoms. The SMILES string of the molecule is Cc1cc(C2=C(/C=C/[C@@H]3C[C@@H](O)CC(=O)O3)C(C)(C)CC3(C2)SCCCS3)ccc1F. The lowest BCUT2D eigenvalue weighted by Gasteiger charge is -2.48. The van der Waals surface area contributed by atoms with Gasteiger partial charge in [-0.3, -0.25) is 4.79 Å². The van der Waals surface area contributed by atoms with Crippen LogP contribution in [-0.2, 0) is 9.53 Å². The zero-order valence-electron chi connectivity index (χ0n) is 18.4. The molecule has 0 saturated carbocycles. The fourth-order valence-corrected chi connectivity index (χ4v) is 8.73. The third-order valence-electron chi connectivity index (χ3n) is 6.40. The second-order valence-corrected chi connectivity index (χ2v) is 12.8. The lowest BCUT2D eigenvalue weighted by Crippen LogP contribution is -2.37. The second-order valence-electron chi connectivity index (χ2n) is 9.54. The van der Waals surface area contributed by atoms with Crippen molar-refractivity contribution < 1.29 is 19.0 Å². The number of cyclic esters (lactones) is 1. The molecule has 0 aromatic heterocycles. The number of aryl methyl sites for hydroxylation is 1. The van der Waals surface area contributed by atoms with Gasteiger partial charge in [-0.25, -0.2) is 4.39 Å². The van der Waals surface area contributed by atoms with Crippen LogP contribution in [0.4, 0.5) is 4.39 Å². The molecule has 2 atom stereocenters. The van der Waals surface area contributed by atoms with E-state index in [9.17, 15) is 14.3 Å². The molecule has 0 bridgehead atoms. The molecule has 1 aliphatic carbocycles. The standard InChI is InChI=1S/C25H31FO3S2/c1-16-11-17(5-8-22(16)26)20-14-25(30-9-4-10-31-25)15-24(2,3)21(20)7-6-19-12-18(27)13-23(28)29-19/h5-8,11,18-19,27H,4,9-10,12-15H2,1-3H3/b7-6+/t18-,19-/m1/s1. The summed E-state index contributed by atoms with van der Waals surface area (Å²) in [5.41, 5.74) is 4.10. The Bertz CT molecular complexity index is 915. The molecule has 3 nitrogen and oxygen atoms in total. The van der Waals surface area contributed by atoms with Gasteiger partial charge in [0, 0.05) is 6.42 Å². The van der Waals surface area contributed by atoms with E-state index in [0.717, 1.165) is 18.4 Å². The summed E-state index contributed by atoms with van der Waals surface area (Å²) in [6.07, 6.45) is 6.68. The van der Waals surface area contributed by atoms with Crippen molar-refractivity contribution in [3.63, 3.8) is 0 Å². The second kappa shape index (κ2) is 8.95. The van der Waals surface area contributed by atoms with Crippen LogP contribution in [0.25, 0.3) is 5.57 Å². The Morgan fingerprint density at radius 3 is 2.68 bits per heavy atom. The molecule has 1 aromatic rings. The number of ether oxygens (including phenoxy) is 1. The summed E-state index contributed by atoms with van der Waals surface area (Å²) in [4.78, 5) is 11.8. The molecular weight excluding hydrogens is 431 g/mol. The van der Waals surface area contributed by atoms with E-state index in [1.54, 1.807) is 6.07 Å². The lowest BCUT2D eigenvalue weighted by molar-refractivity contribution is -0.156. The van der Waals surface area contributed by atoms with Gasteiger partial charge >= 0.3 is 5.97 Å². The highest BCUT2D eigenvalue weighted by molar-refractivity contribution is 8.18. The molecule has 31 heavy (non-hydrogen) atoms. The normalized spacial score (nSPS) is 28.2. The van der Waals surface area contributed by atoms with Crippen molar-refractivity contribution in [1.29, 1.82) is 0 Å². The molecule has 168 valence electrons. The number of aliphatic hydroxyl groups is 1. The van der Waals surface area contributed by atoms with Crippen LogP contribution in [-0.4, -0.2) is 38.9 Å². The van der Waals surface area contributed by atoms with Crippen molar-refractivity contribution in [3.8, 4) is 0 Å². The lowest BCUT2D eigenvalue weighted by atomic mass is 9.70. The molecule has 2 heterocycles. The van der Waals surface area contributed by atoms with Crippen LogP contribution in [0.5, 0.6) is 0 Å². The third-order valence-corrected chi connectivity index (χ3v) is 9.73. The predicted octanol–water partition coefficient (Wildman–Crippen LogP) is 5.90. The van der Waals surface area contributed by atoms with Gasteiger partial charge in [0.25, 0.3) is 0 Å². The van der Waals surface area contributed by atoms with E-state index in [1.165, 1.54) is 29.1 Å². The monoisotopic (exact) mass is 462 g/mol. The van der Waals surface area contributed by atoms with Crippen LogP contribution >= 0.6 is 23.5 Å². The van der Waals surface area contributed by atoms with Crippen molar-refractivity contribution in [1.82, 2.24) is 0 Å². The predicted molar refractivity (Wildman–Crippen MR) is 128 cm³/mol. The van der Waals surface area contributed by atoms with Crippen molar-refractivity contribution in [2.24, 2.45) is 5.41 Å². The van der Waals surface area contributed by atoms with Crippen LogP contribution in [0.1, 0.15) is 57.1 Å². The fraction of sp³-hybridized carbons (Fsp3) is 0.560. The zero-order valence-corrected chi connectivity index (χ0v) is 20.1. The van der Waals surface area contributed by atoms with Crippen LogP contribution < -0.4 is 0 Å². The Morgan fingerprint density at radius 2 is 2.00 bits per heavy atom. The average molecular weight is 463 g/mol. The van der Waals surface area contributed by atoms with Gasteiger partial charge in [0.2, 0.25) is 0 Å². The minimum absolute atomic E-state index is 0.0651. The molecule has 1 N–H and O–H groups in total. The summed E-state index contributed by atoms with van der Waals surface area (Å²) in [6.45, 7) is 6.37. The maximum Gasteiger partial charge on any atom is 0.309 e. The summed E-state index contributed by atoms with van der Waals surface area (Å²) < 4.78 is 19.6. The molecule has 3 aliphatic rings. The average Bonchev–Trinajstić information content (AvgIpc) is 2.68. The van der Waals surface area contributed by atoms with E-state index < -0.39 is 12.2 Å². The number of halogens is 1. The molecule has 1 aromatic carbocycles. The van der Waals surface area contributed by atoms with Crippen molar-refractivity contribution >= 4 is 35.1 Å². The molecule has 1 spiro atoms. The summed E-state index contributed by atoms with van der Waals surface area (Å²) in [5.74, 6) is 1.82. The number of benzene rings is 1. The number of allylic oxidation sites excluding steroid dienone is 3. The van der Waals surface area contributed by atoms with Gasteiger partial charge < -0.3 is 9.84 Å².